The van der Waals surface area contributed by atoms with Gasteiger partial charge in [-0.1, -0.05) is 0 Å². The fraction of sp³-hybridized carbons (Fsp3) is 0.182. The molecule has 1 aromatic heterocycles. The predicted octanol–water partition coefficient (Wildman–Crippen LogP) is 2.65. The van der Waals surface area contributed by atoms with E-state index in [1.165, 1.54) is 18.2 Å². The average Bonchev–Trinajstić information content (AvgIpc) is 2.77. The second-order valence-corrected chi connectivity index (χ2v) is 5.43. The van der Waals surface area contributed by atoms with Gasteiger partial charge in [-0.2, -0.15) is 0 Å². The molecular formula is C11H8N2O5S2. The summed E-state index contributed by atoms with van der Waals surface area (Å²) in [5, 5.41) is 28.8. The van der Waals surface area contributed by atoms with Gasteiger partial charge >= 0.3 is 5.97 Å². The van der Waals surface area contributed by atoms with Crippen LogP contribution in [0.5, 0.6) is 0 Å². The highest BCUT2D eigenvalue weighted by Gasteiger charge is 2.24. The zero-order valence-corrected chi connectivity index (χ0v) is 11.5. The molecule has 0 aliphatic rings. The molecule has 1 heterocycles. The van der Waals surface area contributed by atoms with Gasteiger partial charge in [-0.3, -0.25) is 14.9 Å². The van der Waals surface area contributed by atoms with Crippen molar-refractivity contribution in [1.29, 1.82) is 0 Å². The number of hydrogen-bond donors (Lipinski definition) is 2. The number of hydrogen-bond acceptors (Lipinski definition) is 6. The summed E-state index contributed by atoms with van der Waals surface area (Å²) in [7, 11) is 0. The molecule has 0 bridgehead atoms. The molecule has 0 radical (unpaired) electrons. The highest BCUT2D eigenvalue weighted by atomic mass is 32.1. The highest BCUT2D eigenvalue weighted by Crippen LogP contribution is 2.32. The summed E-state index contributed by atoms with van der Waals surface area (Å²) in [4.78, 5) is 25.1. The summed E-state index contributed by atoms with van der Waals surface area (Å²) in [6.07, 6.45) is -0.378. The van der Waals surface area contributed by atoms with E-state index in [1.54, 1.807) is 0 Å². The fourth-order valence-corrected chi connectivity index (χ4v) is 3.02. The minimum atomic E-state index is -1.11. The average molecular weight is 312 g/mol. The number of thiazole rings is 1. The molecule has 0 saturated carbocycles. The first-order chi connectivity index (χ1) is 9.38. The molecule has 2 rings (SSSR count). The molecule has 1 unspecified atom stereocenters. The van der Waals surface area contributed by atoms with Gasteiger partial charge in [0.1, 0.15) is 5.01 Å². The van der Waals surface area contributed by atoms with Crippen molar-refractivity contribution in [2.24, 2.45) is 0 Å². The number of nitro groups is 1. The fourth-order valence-electron chi connectivity index (χ4n) is 1.65. The van der Waals surface area contributed by atoms with Crippen molar-refractivity contribution in [1.82, 2.24) is 4.98 Å². The summed E-state index contributed by atoms with van der Waals surface area (Å²) in [5.74, 6) is -2.00. The van der Waals surface area contributed by atoms with Crippen LogP contribution in [0.4, 0.5) is 5.69 Å². The first-order valence-electron chi connectivity index (χ1n) is 5.38. The van der Waals surface area contributed by atoms with Crippen molar-refractivity contribution in [2.45, 2.75) is 12.3 Å². The van der Waals surface area contributed by atoms with E-state index in [2.05, 4.69) is 17.2 Å². The number of thiocarbonyl (C=S) groups is 1. The number of aromatic nitrogens is 1. The first-order valence-corrected chi connectivity index (χ1v) is 6.60. The third-order valence-corrected chi connectivity index (χ3v) is 3.99. The molecule has 7 nitrogen and oxygen atoms in total. The molecule has 1 aromatic carbocycles. The number of non-ortho nitro benzene ring substituents is 1. The van der Waals surface area contributed by atoms with Gasteiger partial charge in [0.2, 0.25) is 0 Å². The molecule has 104 valence electrons. The van der Waals surface area contributed by atoms with Crippen LogP contribution in [0.15, 0.2) is 18.2 Å². The van der Waals surface area contributed by atoms with Crippen LogP contribution in [-0.2, 0) is 4.79 Å². The van der Waals surface area contributed by atoms with Crippen molar-refractivity contribution in [3.8, 4) is 0 Å². The Kier molecular flexibility index (Phi) is 3.91. The van der Waals surface area contributed by atoms with Gasteiger partial charge in [0.15, 0.2) is 5.05 Å². The number of carboxylic acids is 1. The maximum absolute atomic E-state index is 10.8. The van der Waals surface area contributed by atoms with Crippen LogP contribution in [0.3, 0.4) is 0 Å². The van der Waals surface area contributed by atoms with Gasteiger partial charge < -0.3 is 10.2 Å². The quantitative estimate of drug-likeness (QED) is 0.495. The third kappa shape index (κ3) is 2.89. The summed E-state index contributed by atoms with van der Waals surface area (Å²) >= 11 is 5.72. The number of rotatable bonds is 5. The highest BCUT2D eigenvalue weighted by molar-refractivity contribution is 7.80. The normalized spacial score (nSPS) is 12.2. The van der Waals surface area contributed by atoms with E-state index in [0.717, 1.165) is 11.3 Å². The Morgan fingerprint density at radius 1 is 1.50 bits per heavy atom. The van der Waals surface area contributed by atoms with E-state index in [0.29, 0.717) is 15.2 Å². The number of nitrogens with zero attached hydrogens (tertiary/aromatic N) is 2. The Balaban J connectivity index is 2.46. The molecule has 0 aliphatic heterocycles. The van der Waals surface area contributed by atoms with E-state index < -0.39 is 21.9 Å². The van der Waals surface area contributed by atoms with Crippen LogP contribution >= 0.6 is 23.6 Å². The lowest BCUT2D eigenvalue weighted by atomic mass is 10.1. The second-order valence-electron chi connectivity index (χ2n) is 3.95. The number of aliphatic hydroxyl groups excluding tert-OH is 1. The molecular weight excluding hydrogens is 304 g/mol. The van der Waals surface area contributed by atoms with E-state index in [4.69, 9.17) is 5.11 Å². The zero-order valence-electron chi connectivity index (χ0n) is 9.85. The first kappa shape index (κ1) is 14.3. The van der Waals surface area contributed by atoms with Crippen molar-refractivity contribution >= 4 is 50.5 Å². The Bertz CT molecular complexity index is 712. The summed E-state index contributed by atoms with van der Waals surface area (Å²) in [6.45, 7) is 0. The van der Waals surface area contributed by atoms with Gasteiger partial charge in [0.05, 0.1) is 27.5 Å². The van der Waals surface area contributed by atoms with Gasteiger partial charge in [-0.25, -0.2) is 4.98 Å². The van der Waals surface area contributed by atoms with E-state index >= 15 is 0 Å². The SMILES string of the molecule is O=C(O)CC(C(O)=S)c1nc2ccc([N+](=O)[O-])cc2s1. The Labute approximate surface area is 121 Å². The Morgan fingerprint density at radius 2 is 2.20 bits per heavy atom. The van der Waals surface area contributed by atoms with Gasteiger partial charge in [-0.15, -0.1) is 11.3 Å². The van der Waals surface area contributed by atoms with Crippen molar-refractivity contribution in [3.63, 3.8) is 0 Å². The van der Waals surface area contributed by atoms with Crippen LogP contribution in [0.25, 0.3) is 10.2 Å². The van der Waals surface area contributed by atoms with Crippen molar-refractivity contribution in [2.75, 3.05) is 0 Å². The number of aliphatic hydroxyl groups is 1. The molecule has 20 heavy (non-hydrogen) atoms. The maximum atomic E-state index is 10.8. The summed E-state index contributed by atoms with van der Waals surface area (Å²) in [5.41, 5.74) is 0.427. The predicted molar refractivity (Wildman–Crippen MR) is 76.5 cm³/mol. The summed E-state index contributed by atoms with van der Waals surface area (Å²) in [6, 6.07) is 4.15. The minimum Gasteiger partial charge on any atom is -0.501 e. The van der Waals surface area contributed by atoms with Crippen LogP contribution in [0.1, 0.15) is 17.3 Å². The van der Waals surface area contributed by atoms with Gasteiger partial charge in [0, 0.05) is 12.1 Å². The molecule has 9 heteroatoms. The van der Waals surface area contributed by atoms with Crippen LogP contribution < -0.4 is 0 Å². The number of aliphatic carboxylic acids is 1. The lowest BCUT2D eigenvalue weighted by Gasteiger charge is -2.07. The lowest BCUT2D eigenvalue weighted by Crippen LogP contribution is -2.14. The maximum Gasteiger partial charge on any atom is 0.304 e. The third-order valence-electron chi connectivity index (χ3n) is 2.57. The van der Waals surface area contributed by atoms with Crippen molar-refractivity contribution in [3.05, 3.63) is 33.3 Å². The number of fused-ring (bicyclic) bond motifs is 1. The second kappa shape index (κ2) is 5.47. The molecule has 0 amide bonds. The van der Waals surface area contributed by atoms with E-state index in [9.17, 15) is 20.0 Å². The van der Waals surface area contributed by atoms with Gasteiger partial charge in [0.25, 0.3) is 5.69 Å². The lowest BCUT2D eigenvalue weighted by molar-refractivity contribution is -0.384. The van der Waals surface area contributed by atoms with Crippen LogP contribution in [-0.4, -0.2) is 31.1 Å². The Morgan fingerprint density at radius 3 is 2.75 bits per heavy atom. The minimum absolute atomic E-state index is 0.0749. The van der Waals surface area contributed by atoms with Gasteiger partial charge in [-0.05, 0) is 18.3 Å². The van der Waals surface area contributed by atoms with Crippen LogP contribution in [0.2, 0.25) is 0 Å². The van der Waals surface area contributed by atoms with E-state index in [-0.39, 0.29) is 12.1 Å². The van der Waals surface area contributed by atoms with E-state index in [1.807, 2.05) is 0 Å². The van der Waals surface area contributed by atoms with Crippen LogP contribution in [0, 0.1) is 10.1 Å². The topological polar surface area (TPSA) is 114 Å². The number of carbonyl (C=O) groups is 1. The largest absolute Gasteiger partial charge is 0.501 e. The number of nitro benzene ring substituents is 1. The standard InChI is InChI=1S/C11H8N2O5S2/c14-9(15)4-6(11(16)19)10-12-7-2-1-5(13(17)18)3-8(7)20-10/h1-3,6H,4H2,(H,14,15)(H,16,19). The smallest absolute Gasteiger partial charge is 0.304 e. The zero-order chi connectivity index (χ0) is 14.9. The molecule has 0 aliphatic carbocycles. The molecule has 1 atom stereocenters. The molecule has 2 N–H and O–H groups in total. The molecule has 2 aromatic rings. The summed E-state index contributed by atoms with van der Waals surface area (Å²) < 4.78 is 0.542. The molecule has 0 fully saturated rings. The number of carboxylic acid groups (broad SMARTS) is 1. The number of benzene rings is 1. The van der Waals surface area contributed by atoms with Crippen molar-refractivity contribution < 1.29 is 19.9 Å². The molecule has 0 saturated heterocycles. The Hall–Kier alpha value is -2.13. The molecule has 0 spiro atoms. The monoisotopic (exact) mass is 312 g/mol.